The minimum absolute atomic E-state index is 0.0651. The van der Waals surface area contributed by atoms with Gasteiger partial charge in [0.25, 0.3) is 0 Å². The van der Waals surface area contributed by atoms with Crippen LogP contribution in [0.15, 0.2) is 164 Å². The molecule has 0 spiro atoms. The first-order chi connectivity index (χ1) is 23.8. The van der Waals surface area contributed by atoms with Gasteiger partial charge in [0, 0.05) is 27.2 Å². The molecule has 3 N–H and O–H groups in total. The van der Waals surface area contributed by atoms with E-state index >= 15 is 0 Å². The van der Waals surface area contributed by atoms with E-state index in [1.807, 2.05) is 0 Å². The first kappa shape index (κ1) is 27.4. The van der Waals surface area contributed by atoms with E-state index in [0.29, 0.717) is 0 Å². The van der Waals surface area contributed by atoms with Gasteiger partial charge in [0.2, 0.25) is 0 Å². The highest BCUT2D eigenvalue weighted by Gasteiger charge is 2.31. The summed E-state index contributed by atoms with van der Waals surface area (Å²) in [5.74, 6) is 0. The molecule has 9 aromatic rings. The van der Waals surface area contributed by atoms with Crippen LogP contribution in [0.25, 0.3) is 60.1 Å². The molecule has 0 radical (unpaired) electrons. The fraction of sp³-hybridized carbons (Fsp3) is 0.0698. The van der Waals surface area contributed by atoms with Gasteiger partial charge >= 0.3 is 0 Å². The number of fused-ring (bicyclic) bond motifs is 8. The molecule has 1 saturated heterocycles. The molecule has 0 bridgehead atoms. The Labute approximate surface area is 278 Å². The molecule has 5 nitrogen and oxygen atoms in total. The van der Waals surface area contributed by atoms with Gasteiger partial charge in [-0.05, 0) is 58.3 Å². The Morgan fingerprint density at radius 2 is 1.00 bits per heavy atom. The molecular formula is C43H33N5. The summed E-state index contributed by atoms with van der Waals surface area (Å²) in [4.78, 5) is 0. The average Bonchev–Trinajstić information content (AvgIpc) is 3.67. The Morgan fingerprint density at radius 1 is 0.396 bits per heavy atom. The van der Waals surface area contributed by atoms with Gasteiger partial charge in [-0.15, -0.1) is 0 Å². The molecule has 0 aliphatic carbocycles. The Bertz CT molecular complexity index is 2560. The quantitative estimate of drug-likeness (QED) is 0.184. The van der Waals surface area contributed by atoms with Crippen molar-refractivity contribution >= 4 is 54.4 Å². The Morgan fingerprint density at radius 3 is 1.71 bits per heavy atom. The van der Waals surface area contributed by atoms with Gasteiger partial charge in [0.15, 0.2) is 0 Å². The van der Waals surface area contributed by atoms with Crippen LogP contribution in [0.2, 0.25) is 0 Å². The third-order valence-electron chi connectivity index (χ3n) is 10.0. The summed E-state index contributed by atoms with van der Waals surface area (Å²) in [6, 6.07) is 59.0. The second kappa shape index (κ2) is 10.9. The van der Waals surface area contributed by atoms with Crippen molar-refractivity contribution in [2.45, 2.75) is 18.6 Å². The predicted octanol–water partition coefficient (Wildman–Crippen LogP) is 9.68. The van der Waals surface area contributed by atoms with Crippen LogP contribution >= 0.6 is 0 Å². The van der Waals surface area contributed by atoms with Crippen molar-refractivity contribution in [3.63, 3.8) is 0 Å². The standard InChI is InChI=1S/C43H33N5/c1-4-15-29(16-5-1)41-44-42(30-17-6-2-7-18-30)46-43(45-41)48-36-23-13-12-22-33(36)34-26-35-39(27-38(34)48)47(31-19-8-3-9-20-31)37-25-24-28-14-10-11-21-32(28)40(35)37/h1-27,41-46H. The lowest BCUT2D eigenvalue weighted by Crippen LogP contribution is -2.56. The lowest BCUT2D eigenvalue weighted by atomic mass is 10.0. The molecule has 5 heteroatoms. The van der Waals surface area contributed by atoms with Crippen LogP contribution in [0.3, 0.4) is 0 Å². The van der Waals surface area contributed by atoms with Crippen molar-refractivity contribution in [3.05, 3.63) is 175 Å². The van der Waals surface area contributed by atoms with E-state index in [1.165, 1.54) is 65.5 Å². The SMILES string of the molecule is c1ccc(C2NC(c3ccccc3)NC(n3c4ccccc4c4cc5c6c7ccccc7ccc6n(-c6ccccc6)c5cc43)N2)cc1. The van der Waals surface area contributed by atoms with Crippen LogP contribution in [0.4, 0.5) is 0 Å². The minimum atomic E-state index is -0.197. The minimum Gasteiger partial charge on any atom is -0.311 e. The average molecular weight is 620 g/mol. The number of aromatic nitrogens is 2. The molecule has 10 rings (SSSR count). The summed E-state index contributed by atoms with van der Waals surface area (Å²) < 4.78 is 4.89. The van der Waals surface area contributed by atoms with E-state index in [-0.39, 0.29) is 18.6 Å². The first-order valence-corrected chi connectivity index (χ1v) is 16.6. The third-order valence-corrected chi connectivity index (χ3v) is 10.0. The molecule has 2 unspecified atom stereocenters. The van der Waals surface area contributed by atoms with Gasteiger partial charge in [-0.2, -0.15) is 0 Å². The zero-order valence-corrected chi connectivity index (χ0v) is 26.2. The summed E-state index contributed by atoms with van der Waals surface area (Å²) in [5.41, 5.74) is 8.32. The van der Waals surface area contributed by atoms with Gasteiger partial charge < -0.3 is 9.13 Å². The highest BCUT2D eigenvalue weighted by molar-refractivity contribution is 6.25. The zero-order chi connectivity index (χ0) is 31.6. The molecular weight excluding hydrogens is 587 g/mol. The van der Waals surface area contributed by atoms with Gasteiger partial charge in [-0.25, -0.2) is 0 Å². The number of para-hydroxylation sites is 2. The van der Waals surface area contributed by atoms with Gasteiger partial charge in [0.1, 0.15) is 6.29 Å². The molecule has 2 aromatic heterocycles. The highest BCUT2D eigenvalue weighted by Crippen LogP contribution is 2.42. The van der Waals surface area contributed by atoms with Crippen molar-refractivity contribution in [3.8, 4) is 5.69 Å². The lowest BCUT2D eigenvalue weighted by molar-refractivity contribution is 0.161. The fourth-order valence-electron chi connectivity index (χ4n) is 7.86. The third kappa shape index (κ3) is 4.23. The topological polar surface area (TPSA) is 46.0 Å². The maximum Gasteiger partial charge on any atom is 0.142 e. The zero-order valence-electron chi connectivity index (χ0n) is 26.2. The number of rotatable bonds is 4. The molecule has 48 heavy (non-hydrogen) atoms. The monoisotopic (exact) mass is 619 g/mol. The first-order valence-electron chi connectivity index (χ1n) is 16.6. The van der Waals surface area contributed by atoms with Crippen LogP contribution < -0.4 is 16.0 Å². The number of hydrogen-bond donors (Lipinski definition) is 3. The second-order valence-electron chi connectivity index (χ2n) is 12.7. The molecule has 1 fully saturated rings. The van der Waals surface area contributed by atoms with Crippen LogP contribution in [-0.2, 0) is 0 Å². The van der Waals surface area contributed by atoms with Gasteiger partial charge in [-0.1, -0.05) is 127 Å². The Balaban J connectivity index is 1.27. The van der Waals surface area contributed by atoms with Crippen molar-refractivity contribution < 1.29 is 0 Å². The lowest BCUT2D eigenvalue weighted by Gasteiger charge is -2.40. The van der Waals surface area contributed by atoms with E-state index in [4.69, 9.17) is 0 Å². The van der Waals surface area contributed by atoms with Crippen LogP contribution in [0, 0.1) is 0 Å². The van der Waals surface area contributed by atoms with Gasteiger partial charge in [-0.3, -0.25) is 16.0 Å². The summed E-state index contributed by atoms with van der Waals surface area (Å²) >= 11 is 0. The predicted molar refractivity (Wildman–Crippen MR) is 198 cm³/mol. The van der Waals surface area contributed by atoms with Crippen LogP contribution in [-0.4, -0.2) is 9.13 Å². The number of hydrogen-bond acceptors (Lipinski definition) is 3. The fourth-order valence-corrected chi connectivity index (χ4v) is 7.86. The Kier molecular flexibility index (Phi) is 6.24. The molecule has 2 atom stereocenters. The number of nitrogens with one attached hydrogen (secondary N) is 3. The molecule has 7 aromatic carbocycles. The number of nitrogens with zero attached hydrogens (tertiary/aromatic N) is 2. The van der Waals surface area contributed by atoms with Crippen molar-refractivity contribution in [1.29, 1.82) is 0 Å². The summed E-state index contributed by atoms with van der Waals surface area (Å²) in [7, 11) is 0. The summed E-state index contributed by atoms with van der Waals surface area (Å²) in [5, 5.41) is 19.3. The molecule has 0 amide bonds. The van der Waals surface area contributed by atoms with Gasteiger partial charge in [0.05, 0.1) is 34.4 Å². The highest BCUT2D eigenvalue weighted by atomic mass is 15.4. The maximum atomic E-state index is 3.94. The van der Waals surface area contributed by atoms with Crippen molar-refractivity contribution in [2.75, 3.05) is 0 Å². The largest absolute Gasteiger partial charge is 0.311 e. The molecule has 1 aliphatic heterocycles. The molecule has 230 valence electrons. The van der Waals surface area contributed by atoms with Crippen LogP contribution in [0.1, 0.15) is 29.7 Å². The van der Waals surface area contributed by atoms with Crippen molar-refractivity contribution in [1.82, 2.24) is 25.1 Å². The van der Waals surface area contributed by atoms with E-state index in [1.54, 1.807) is 0 Å². The van der Waals surface area contributed by atoms with E-state index < -0.39 is 0 Å². The second-order valence-corrected chi connectivity index (χ2v) is 12.7. The van der Waals surface area contributed by atoms with E-state index in [0.717, 1.165) is 5.69 Å². The molecule has 3 heterocycles. The summed E-state index contributed by atoms with van der Waals surface area (Å²) in [6.07, 6.45) is -0.327. The smallest absolute Gasteiger partial charge is 0.142 e. The Hall–Kier alpha value is -5.72. The van der Waals surface area contributed by atoms with Crippen molar-refractivity contribution in [2.24, 2.45) is 0 Å². The molecule has 0 saturated carbocycles. The molecule has 1 aliphatic rings. The van der Waals surface area contributed by atoms with E-state index in [2.05, 4.69) is 189 Å². The van der Waals surface area contributed by atoms with E-state index in [9.17, 15) is 0 Å². The maximum absolute atomic E-state index is 3.94. The normalized spacial score (nSPS) is 18.4. The van der Waals surface area contributed by atoms with Crippen LogP contribution in [0.5, 0.6) is 0 Å². The number of benzene rings is 7. The summed E-state index contributed by atoms with van der Waals surface area (Å²) in [6.45, 7) is 0.